The summed E-state index contributed by atoms with van der Waals surface area (Å²) in [6, 6.07) is 54.0. The van der Waals surface area contributed by atoms with Crippen LogP contribution < -0.4 is 0 Å². The van der Waals surface area contributed by atoms with E-state index >= 15 is 0 Å². The third-order valence-electron chi connectivity index (χ3n) is 9.85. The number of benzene rings is 7. The fourth-order valence-electron chi connectivity index (χ4n) is 7.48. The van der Waals surface area contributed by atoms with Gasteiger partial charge < -0.3 is 13.4 Å². The Morgan fingerprint density at radius 3 is 1.28 bits per heavy atom. The molecule has 0 radical (unpaired) electrons. The lowest BCUT2D eigenvalue weighted by Crippen LogP contribution is -2.01. The molecule has 0 fully saturated rings. The highest BCUT2D eigenvalue weighted by Gasteiger charge is 2.18. The molecular formula is C47H32N4O2. The Bertz CT molecular complexity index is 2980. The van der Waals surface area contributed by atoms with Gasteiger partial charge in [0, 0.05) is 54.7 Å². The quantitative estimate of drug-likeness (QED) is 0.185. The molecular weight excluding hydrogens is 653 g/mol. The molecule has 0 saturated heterocycles. The number of nitrogens with zero attached hydrogens (tertiary/aromatic N) is 4. The number of furan rings is 2. The van der Waals surface area contributed by atoms with Gasteiger partial charge in [0.05, 0.1) is 11.0 Å². The summed E-state index contributed by atoms with van der Waals surface area (Å²) >= 11 is 0. The van der Waals surface area contributed by atoms with Crippen LogP contribution in [0.25, 0.3) is 106 Å². The maximum absolute atomic E-state index is 6.26. The van der Waals surface area contributed by atoms with Gasteiger partial charge in [0.25, 0.3) is 0 Å². The standard InChI is InChI=1S/C45H26N4O2.C2H6/c1-5-16-37-31(12-1)32-13-2-6-17-38(32)49(37)30-11-9-10-27(24-30)43-46-44(28-20-22-35-33-14-3-7-18-39(33)50-41(35)25-28)48-45(47-43)29-21-23-36-34-15-4-8-19-40(34)51-42(36)26-29;1-2/h1-26H;1-2H3. The summed E-state index contributed by atoms with van der Waals surface area (Å²) in [5, 5.41) is 6.70. The van der Waals surface area contributed by atoms with Gasteiger partial charge >= 0.3 is 0 Å². The van der Waals surface area contributed by atoms with E-state index in [-0.39, 0.29) is 0 Å². The van der Waals surface area contributed by atoms with Crippen molar-refractivity contribution < 1.29 is 8.83 Å². The van der Waals surface area contributed by atoms with Crippen LogP contribution in [0, 0.1) is 0 Å². The second-order valence-corrected chi connectivity index (χ2v) is 12.8. The number of fused-ring (bicyclic) bond motifs is 9. The monoisotopic (exact) mass is 684 g/mol. The van der Waals surface area contributed by atoms with Gasteiger partial charge in [-0.05, 0) is 60.7 Å². The van der Waals surface area contributed by atoms with E-state index in [1.807, 2.05) is 62.4 Å². The van der Waals surface area contributed by atoms with E-state index in [0.29, 0.717) is 17.5 Å². The predicted molar refractivity (Wildman–Crippen MR) is 216 cm³/mol. The zero-order valence-electron chi connectivity index (χ0n) is 29.1. The normalized spacial score (nSPS) is 11.6. The van der Waals surface area contributed by atoms with E-state index < -0.39 is 0 Å². The molecule has 0 bridgehead atoms. The van der Waals surface area contributed by atoms with Crippen molar-refractivity contribution in [3.05, 3.63) is 158 Å². The fraction of sp³-hybridized carbons (Fsp3) is 0.0426. The average Bonchev–Trinajstić information content (AvgIpc) is 3.90. The maximum Gasteiger partial charge on any atom is 0.164 e. The van der Waals surface area contributed by atoms with E-state index in [0.717, 1.165) is 77.3 Å². The third kappa shape index (κ3) is 4.99. The second kappa shape index (κ2) is 12.3. The van der Waals surface area contributed by atoms with Gasteiger partial charge in [-0.3, -0.25) is 0 Å². The number of hydrogen-bond acceptors (Lipinski definition) is 5. The van der Waals surface area contributed by atoms with Crippen LogP contribution in [0.2, 0.25) is 0 Å². The molecule has 0 unspecified atom stereocenters. The van der Waals surface area contributed by atoms with Gasteiger partial charge in [0.2, 0.25) is 0 Å². The van der Waals surface area contributed by atoms with Crippen molar-refractivity contribution in [3.63, 3.8) is 0 Å². The molecule has 11 rings (SSSR count). The first-order valence-electron chi connectivity index (χ1n) is 17.9. The first-order valence-corrected chi connectivity index (χ1v) is 17.9. The molecule has 0 amide bonds. The van der Waals surface area contributed by atoms with Gasteiger partial charge in [0.15, 0.2) is 17.5 Å². The van der Waals surface area contributed by atoms with Crippen LogP contribution in [0.3, 0.4) is 0 Å². The summed E-state index contributed by atoms with van der Waals surface area (Å²) in [6.07, 6.45) is 0. The van der Waals surface area contributed by atoms with Crippen LogP contribution in [0.15, 0.2) is 167 Å². The largest absolute Gasteiger partial charge is 0.456 e. The van der Waals surface area contributed by atoms with Crippen molar-refractivity contribution in [2.75, 3.05) is 0 Å². The van der Waals surface area contributed by atoms with Crippen molar-refractivity contribution in [3.8, 4) is 39.9 Å². The number of hydrogen-bond donors (Lipinski definition) is 0. The van der Waals surface area contributed by atoms with E-state index in [1.54, 1.807) is 0 Å². The molecule has 6 nitrogen and oxygen atoms in total. The van der Waals surface area contributed by atoms with Crippen LogP contribution in [0.4, 0.5) is 0 Å². The van der Waals surface area contributed by atoms with Crippen LogP contribution in [-0.4, -0.2) is 19.5 Å². The first kappa shape index (κ1) is 30.7. The first-order chi connectivity index (χ1) is 26.2. The zero-order chi connectivity index (χ0) is 35.5. The molecule has 0 atom stereocenters. The lowest BCUT2D eigenvalue weighted by molar-refractivity contribution is 0.668. The van der Waals surface area contributed by atoms with Crippen molar-refractivity contribution in [2.24, 2.45) is 0 Å². The molecule has 4 aromatic heterocycles. The molecule has 4 heterocycles. The lowest BCUT2D eigenvalue weighted by atomic mass is 10.1. The highest BCUT2D eigenvalue weighted by molar-refractivity contribution is 6.09. The van der Waals surface area contributed by atoms with Gasteiger partial charge in [-0.1, -0.05) is 111 Å². The van der Waals surface area contributed by atoms with E-state index in [1.165, 1.54) is 10.8 Å². The number of rotatable bonds is 4. The highest BCUT2D eigenvalue weighted by Crippen LogP contribution is 2.36. The minimum atomic E-state index is 0.560. The summed E-state index contributed by atoms with van der Waals surface area (Å²) < 4.78 is 14.8. The van der Waals surface area contributed by atoms with Gasteiger partial charge in [0.1, 0.15) is 22.3 Å². The molecule has 0 aliphatic heterocycles. The zero-order valence-corrected chi connectivity index (χ0v) is 29.1. The summed E-state index contributed by atoms with van der Waals surface area (Å²) in [4.78, 5) is 15.3. The molecule has 6 heteroatoms. The van der Waals surface area contributed by atoms with Crippen LogP contribution in [-0.2, 0) is 0 Å². The molecule has 11 aromatic rings. The van der Waals surface area contributed by atoms with Crippen LogP contribution in [0.5, 0.6) is 0 Å². The minimum absolute atomic E-state index is 0.560. The van der Waals surface area contributed by atoms with Crippen LogP contribution in [0.1, 0.15) is 13.8 Å². The third-order valence-corrected chi connectivity index (χ3v) is 9.85. The predicted octanol–water partition coefficient (Wildman–Crippen LogP) is 12.8. The molecule has 0 saturated carbocycles. The van der Waals surface area contributed by atoms with E-state index in [2.05, 4.69) is 114 Å². The molecule has 0 spiro atoms. The van der Waals surface area contributed by atoms with Crippen LogP contribution >= 0.6 is 0 Å². The Morgan fingerprint density at radius 2 is 0.774 bits per heavy atom. The Labute approximate surface area is 304 Å². The number of para-hydroxylation sites is 4. The fourth-order valence-corrected chi connectivity index (χ4v) is 7.48. The van der Waals surface area contributed by atoms with Gasteiger partial charge in [-0.2, -0.15) is 0 Å². The SMILES string of the molecule is CC.c1cc(-c2nc(-c3ccc4c(c3)oc3ccccc34)nc(-c3ccc4c(c3)oc3ccccc34)n2)cc(-n2c3ccccc3c3ccccc32)c1. The Hall–Kier alpha value is -7.05. The molecule has 0 N–H and O–H groups in total. The van der Waals surface area contributed by atoms with E-state index in [4.69, 9.17) is 23.8 Å². The Morgan fingerprint density at radius 1 is 0.358 bits per heavy atom. The maximum atomic E-state index is 6.26. The molecule has 0 aliphatic carbocycles. The molecule has 252 valence electrons. The smallest absolute Gasteiger partial charge is 0.164 e. The van der Waals surface area contributed by atoms with Crippen molar-refractivity contribution >= 4 is 65.7 Å². The summed E-state index contributed by atoms with van der Waals surface area (Å²) in [5.41, 5.74) is 9.16. The minimum Gasteiger partial charge on any atom is -0.456 e. The van der Waals surface area contributed by atoms with Crippen molar-refractivity contribution in [1.29, 1.82) is 0 Å². The average molecular weight is 685 g/mol. The van der Waals surface area contributed by atoms with Crippen molar-refractivity contribution in [1.82, 2.24) is 19.5 Å². The summed E-state index contributed by atoms with van der Waals surface area (Å²) in [6.45, 7) is 4.00. The van der Waals surface area contributed by atoms with Crippen molar-refractivity contribution in [2.45, 2.75) is 13.8 Å². The van der Waals surface area contributed by atoms with Gasteiger partial charge in [-0.25, -0.2) is 15.0 Å². The van der Waals surface area contributed by atoms with E-state index in [9.17, 15) is 0 Å². The highest BCUT2D eigenvalue weighted by atomic mass is 16.3. The topological polar surface area (TPSA) is 69.9 Å². The lowest BCUT2D eigenvalue weighted by Gasteiger charge is -2.11. The molecule has 0 aliphatic rings. The summed E-state index contributed by atoms with van der Waals surface area (Å²) in [5.74, 6) is 1.70. The molecule has 53 heavy (non-hydrogen) atoms. The number of aromatic nitrogens is 4. The van der Waals surface area contributed by atoms with Gasteiger partial charge in [-0.15, -0.1) is 0 Å². The Balaban J connectivity index is 0.00000172. The Kier molecular flexibility index (Phi) is 7.15. The second-order valence-electron chi connectivity index (χ2n) is 12.8. The molecule has 7 aromatic carbocycles. The summed E-state index contributed by atoms with van der Waals surface area (Å²) in [7, 11) is 0.